The number of hydrogen-bond donors (Lipinski definition) is 2. The Balaban J connectivity index is 1.85. The van der Waals surface area contributed by atoms with Crippen molar-refractivity contribution in [2.75, 3.05) is 13.1 Å². The first-order chi connectivity index (χ1) is 10.7. The maximum atomic E-state index is 12.3. The maximum absolute atomic E-state index is 12.3. The van der Waals surface area contributed by atoms with Crippen molar-refractivity contribution in [3.05, 3.63) is 39.9 Å². The van der Waals surface area contributed by atoms with Gasteiger partial charge in [0, 0.05) is 30.1 Å². The van der Waals surface area contributed by atoms with Crippen molar-refractivity contribution in [1.82, 2.24) is 10.2 Å². The minimum absolute atomic E-state index is 0.0641. The number of carbonyl (C=O) groups excluding carboxylic acids is 1. The van der Waals surface area contributed by atoms with Crippen molar-refractivity contribution in [2.24, 2.45) is 5.73 Å². The molecule has 0 atom stereocenters. The van der Waals surface area contributed by atoms with Crippen molar-refractivity contribution in [3.8, 4) is 11.8 Å². The number of hydrogen-bond acceptors (Lipinski definition) is 3. The molecule has 1 fully saturated rings. The summed E-state index contributed by atoms with van der Waals surface area (Å²) in [6.07, 6.45) is 5.29. The van der Waals surface area contributed by atoms with Crippen LogP contribution in [0.5, 0.6) is 0 Å². The summed E-state index contributed by atoms with van der Waals surface area (Å²) in [6.45, 7) is 1.64. The van der Waals surface area contributed by atoms with Crippen LogP contribution in [0.2, 0.25) is 0 Å². The van der Waals surface area contributed by atoms with E-state index in [1.54, 1.807) is 11.3 Å². The summed E-state index contributed by atoms with van der Waals surface area (Å²) in [4.78, 5) is 15.3. The molecule has 2 amide bonds. The van der Waals surface area contributed by atoms with E-state index in [4.69, 9.17) is 5.73 Å². The minimum Gasteiger partial charge on any atom is -0.400 e. The SMILES string of the molecule is N/C1=C(NC(=O)N2CCCC2)/C=C(/c2cccs2)CC#CC1. The van der Waals surface area contributed by atoms with E-state index in [0.717, 1.165) is 36.4 Å². The van der Waals surface area contributed by atoms with Crippen LogP contribution in [-0.2, 0) is 0 Å². The van der Waals surface area contributed by atoms with Crippen LogP contribution in [0.3, 0.4) is 0 Å². The number of thiophene rings is 1. The van der Waals surface area contributed by atoms with Gasteiger partial charge in [-0.3, -0.25) is 0 Å². The van der Waals surface area contributed by atoms with E-state index in [1.165, 1.54) is 0 Å². The van der Waals surface area contributed by atoms with Crippen molar-refractivity contribution in [2.45, 2.75) is 25.7 Å². The highest BCUT2D eigenvalue weighted by Crippen LogP contribution is 2.25. The molecule has 1 aliphatic carbocycles. The Bertz CT molecular complexity index is 671. The normalized spacial score (nSPS) is 23.8. The summed E-state index contributed by atoms with van der Waals surface area (Å²) >= 11 is 1.67. The molecule has 2 aliphatic rings. The largest absolute Gasteiger partial charge is 0.400 e. The summed E-state index contributed by atoms with van der Waals surface area (Å²) < 4.78 is 0. The Morgan fingerprint density at radius 3 is 2.77 bits per heavy atom. The topological polar surface area (TPSA) is 58.4 Å². The lowest BCUT2D eigenvalue weighted by atomic mass is 10.1. The van der Waals surface area contributed by atoms with E-state index in [-0.39, 0.29) is 6.03 Å². The summed E-state index contributed by atoms with van der Waals surface area (Å²) in [6, 6.07) is 4.02. The van der Waals surface area contributed by atoms with E-state index < -0.39 is 0 Å². The van der Waals surface area contributed by atoms with E-state index >= 15 is 0 Å². The molecule has 0 saturated carbocycles. The molecule has 114 valence electrons. The minimum atomic E-state index is -0.0641. The number of nitrogens with two attached hydrogens (primary N) is 1. The van der Waals surface area contributed by atoms with Gasteiger partial charge in [-0.2, -0.15) is 0 Å². The average molecular weight is 313 g/mol. The lowest BCUT2D eigenvalue weighted by Gasteiger charge is -2.18. The van der Waals surface area contributed by atoms with E-state index in [2.05, 4.69) is 23.2 Å². The van der Waals surface area contributed by atoms with Crippen LogP contribution in [0.1, 0.15) is 30.6 Å². The first-order valence-corrected chi connectivity index (χ1v) is 8.37. The van der Waals surface area contributed by atoms with Crippen molar-refractivity contribution in [1.29, 1.82) is 0 Å². The average Bonchev–Trinajstić information content (AvgIpc) is 3.19. The summed E-state index contributed by atoms with van der Waals surface area (Å²) in [5.41, 5.74) is 8.52. The highest BCUT2D eigenvalue weighted by atomic mass is 32.1. The van der Waals surface area contributed by atoms with Gasteiger partial charge in [-0.1, -0.05) is 17.9 Å². The number of urea groups is 1. The monoisotopic (exact) mass is 313 g/mol. The number of amides is 2. The van der Waals surface area contributed by atoms with Crippen molar-refractivity contribution in [3.63, 3.8) is 0 Å². The van der Waals surface area contributed by atoms with Crippen LogP contribution in [0.25, 0.3) is 5.57 Å². The highest BCUT2D eigenvalue weighted by molar-refractivity contribution is 7.11. The van der Waals surface area contributed by atoms with Crippen LogP contribution >= 0.6 is 11.3 Å². The van der Waals surface area contributed by atoms with E-state index in [9.17, 15) is 4.79 Å². The zero-order chi connectivity index (χ0) is 15.4. The van der Waals surface area contributed by atoms with Gasteiger partial charge in [-0.15, -0.1) is 11.3 Å². The second-order valence-electron chi connectivity index (χ2n) is 5.42. The number of carbonyl (C=O) groups is 1. The molecule has 1 saturated heterocycles. The number of nitrogens with one attached hydrogen (secondary N) is 1. The Morgan fingerprint density at radius 2 is 2.05 bits per heavy atom. The van der Waals surface area contributed by atoms with Crippen molar-refractivity contribution >= 4 is 22.9 Å². The number of rotatable bonds is 2. The van der Waals surface area contributed by atoms with Crippen LogP contribution in [0.15, 0.2) is 35.0 Å². The van der Waals surface area contributed by atoms with Gasteiger partial charge in [0.15, 0.2) is 0 Å². The van der Waals surface area contributed by atoms with E-state index in [0.29, 0.717) is 24.2 Å². The van der Waals surface area contributed by atoms with Gasteiger partial charge in [-0.25, -0.2) is 4.79 Å². The van der Waals surface area contributed by atoms with Gasteiger partial charge >= 0.3 is 6.03 Å². The maximum Gasteiger partial charge on any atom is 0.321 e. The molecular formula is C17H19N3OS. The molecule has 5 heteroatoms. The van der Waals surface area contributed by atoms with Crippen molar-refractivity contribution < 1.29 is 4.79 Å². The predicted octanol–water partition coefficient (Wildman–Crippen LogP) is 2.90. The molecule has 1 aliphatic heterocycles. The quantitative estimate of drug-likeness (QED) is 0.825. The number of likely N-dealkylation sites (tertiary alicyclic amines) is 1. The molecule has 0 unspecified atom stereocenters. The Kier molecular flexibility index (Phi) is 4.50. The lowest BCUT2D eigenvalue weighted by molar-refractivity contribution is 0.212. The number of allylic oxidation sites excluding steroid dienone is 3. The van der Waals surface area contributed by atoms with Crippen LogP contribution in [0, 0.1) is 11.8 Å². The van der Waals surface area contributed by atoms with Gasteiger partial charge < -0.3 is 16.0 Å². The predicted molar refractivity (Wildman–Crippen MR) is 89.9 cm³/mol. The molecular weight excluding hydrogens is 294 g/mol. The van der Waals surface area contributed by atoms with Gasteiger partial charge in [0.1, 0.15) is 0 Å². The smallest absolute Gasteiger partial charge is 0.321 e. The van der Waals surface area contributed by atoms with Crippen LogP contribution < -0.4 is 11.1 Å². The standard InChI is InChI=1S/C17H19N3OS/c18-14-7-2-1-6-13(16-8-5-11-22-16)12-15(14)19-17(21)20-9-3-4-10-20/h5,8,11-12H,3-4,6-7,9-10,18H2,(H,19,21)/b13-12+,15-14-. The Labute approximate surface area is 134 Å². The zero-order valence-corrected chi connectivity index (χ0v) is 13.2. The fourth-order valence-corrected chi connectivity index (χ4v) is 3.32. The van der Waals surface area contributed by atoms with Crippen LogP contribution in [0.4, 0.5) is 4.79 Å². The van der Waals surface area contributed by atoms with Gasteiger partial charge in [0.05, 0.1) is 12.1 Å². The highest BCUT2D eigenvalue weighted by Gasteiger charge is 2.19. The summed E-state index contributed by atoms with van der Waals surface area (Å²) in [7, 11) is 0. The molecule has 0 bridgehead atoms. The molecule has 0 radical (unpaired) electrons. The first-order valence-electron chi connectivity index (χ1n) is 7.49. The molecule has 0 spiro atoms. The molecule has 22 heavy (non-hydrogen) atoms. The third kappa shape index (κ3) is 3.34. The Morgan fingerprint density at radius 1 is 1.27 bits per heavy atom. The van der Waals surface area contributed by atoms with Gasteiger partial charge in [0.2, 0.25) is 0 Å². The third-order valence-corrected chi connectivity index (χ3v) is 4.77. The molecule has 3 rings (SSSR count). The number of nitrogens with zero attached hydrogens (tertiary/aromatic N) is 1. The van der Waals surface area contributed by atoms with Gasteiger partial charge in [0.25, 0.3) is 0 Å². The Hall–Kier alpha value is -2.19. The summed E-state index contributed by atoms with van der Waals surface area (Å²) in [5, 5.41) is 5.01. The van der Waals surface area contributed by atoms with Gasteiger partial charge in [-0.05, 0) is 35.9 Å². The second kappa shape index (κ2) is 6.71. The lowest BCUT2D eigenvalue weighted by Crippen LogP contribution is -2.38. The fourth-order valence-electron chi connectivity index (χ4n) is 2.58. The third-order valence-electron chi connectivity index (χ3n) is 3.82. The van der Waals surface area contributed by atoms with Crippen LogP contribution in [-0.4, -0.2) is 24.0 Å². The summed E-state index contributed by atoms with van der Waals surface area (Å²) in [5.74, 6) is 6.20. The van der Waals surface area contributed by atoms with E-state index in [1.807, 2.05) is 22.4 Å². The molecule has 1 aromatic heterocycles. The molecule has 3 N–H and O–H groups in total. The molecule has 2 heterocycles. The second-order valence-corrected chi connectivity index (χ2v) is 6.36. The fraction of sp³-hybridized carbons (Fsp3) is 0.353. The molecule has 1 aromatic rings. The molecule has 4 nitrogen and oxygen atoms in total. The zero-order valence-electron chi connectivity index (χ0n) is 12.4. The first kappa shape index (κ1) is 14.7. The molecule has 0 aromatic carbocycles.